The Kier molecular flexibility index (Phi) is 6.08. The number of rotatable bonds is 7. The van der Waals surface area contributed by atoms with Crippen molar-refractivity contribution in [3.63, 3.8) is 0 Å². The minimum Gasteiger partial charge on any atom is -0.396 e. The number of hydrogen-bond donors (Lipinski definition) is 1. The maximum atomic E-state index is 11.9. The highest BCUT2D eigenvalue weighted by atomic mass is 32.2. The van der Waals surface area contributed by atoms with Gasteiger partial charge in [0.15, 0.2) is 0 Å². The van der Waals surface area contributed by atoms with Crippen LogP contribution in [0.2, 0.25) is 0 Å². The van der Waals surface area contributed by atoms with E-state index in [9.17, 15) is 4.21 Å². The second-order valence-electron chi connectivity index (χ2n) is 3.88. The zero-order valence-electron chi connectivity index (χ0n) is 9.82. The Morgan fingerprint density at radius 3 is 2.75 bits per heavy atom. The molecule has 0 saturated carbocycles. The van der Waals surface area contributed by atoms with E-state index in [1.54, 1.807) is 18.5 Å². The Hall–Kier alpha value is -0.900. The van der Waals surface area contributed by atoms with E-state index < -0.39 is 10.8 Å². The van der Waals surface area contributed by atoms with Crippen LogP contribution >= 0.6 is 0 Å². The van der Waals surface area contributed by atoms with Gasteiger partial charge in [-0.1, -0.05) is 32.6 Å². The Morgan fingerprint density at radius 1 is 1.31 bits per heavy atom. The van der Waals surface area contributed by atoms with Gasteiger partial charge < -0.3 is 5.73 Å². The quantitative estimate of drug-likeness (QED) is 0.746. The molecule has 0 spiro atoms. The smallest absolute Gasteiger partial charge is 0.0664 e. The van der Waals surface area contributed by atoms with Crippen LogP contribution < -0.4 is 5.73 Å². The molecule has 0 radical (unpaired) electrons. The van der Waals surface area contributed by atoms with Gasteiger partial charge in [-0.2, -0.15) is 0 Å². The largest absolute Gasteiger partial charge is 0.396 e. The van der Waals surface area contributed by atoms with E-state index in [4.69, 9.17) is 5.73 Å². The van der Waals surface area contributed by atoms with Gasteiger partial charge in [-0.3, -0.25) is 9.19 Å². The van der Waals surface area contributed by atoms with Gasteiger partial charge in [-0.15, -0.1) is 0 Å². The van der Waals surface area contributed by atoms with Crippen LogP contribution in [0.25, 0.3) is 0 Å². The maximum Gasteiger partial charge on any atom is 0.0664 e. The average molecular weight is 240 g/mol. The summed E-state index contributed by atoms with van der Waals surface area (Å²) >= 11 is 0. The Morgan fingerprint density at radius 2 is 2.06 bits per heavy atom. The summed E-state index contributed by atoms with van der Waals surface area (Å²) in [6, 6.07) is 1.75. The number of unbranched alkanes of at least 4 members (excludes halogenated alkanes) is 4. The molecule has 16 heavy (non-hydrogen) atoms. The lowest BCUT2D eigenvalue weighted by Gasteiger charge is -2.04. The number of nitrogens with two attached hydrogens (primary N) is 1. The fourth-order valence-electron chi connectivity index (χ4n) is 1.55. The molecule has 0 aliphatic carbocycles. The van der Waals surface area contributed by atoms with Crippen molar-refractivity contribution < 1.29 is 4.21 Å². The van der Waals surface area contributed by atoms with Crippen molar-refractivity contribution in [2.45, 2.75) is 43.9 Å². The number of hydrogen-bond acceptors (Lipinski definition) is 3. The minimum absolute atomic E-state index is 0.536. The first kappa shape index (κ1) is 13.2. The molecule has 1 aromatic heterocycles. The van der Waals surface area contributed by atoms with E-state index in [2.05, 4.69) is 11.9 Å². The number of nitrogens with zero attached hydrogens (tertiary/aromatic N) is 1. The molecule has 90 valence electrons. The van der Waals surface area contributed by atoms with Gasteiger partial charge in [-0.05, 0) is 12.5 Å². The van der Waals surface area contributed by atoms with Crippen LogP contribution in [0, 0.1) is 0 Å². The molecular formula is C12H20N2OS. The summed E-state index contributed by atoms with van der Waals surface area (Å²) in [6.45, 7) is 2.19. The van der Waals surface area contributed by atoms with E-state index in [0.717, 1.165) is 17.7 Å². The summed E-state index contributed by atoms with van der Waals surface area (Å²) in [6.07, 6.45) is 9.11. The molecule has 1 atom stereocenters. The zero-order valence-corrected chi connectivity index (χ0v) is 10.6. The van der Waals surface area contributed by atoms with Crippen LogP contribution in [0.3, 0.4) is 0 Å². The zero-order chi connectivity index (χ0) is 11.8. The molecule has 0 saturated heterocycles. The number of aromatic nitrogens is 1. The molecule has 1 heterocycles. The van der Waals surface area contributed by atoms with Gasteiger partial charge in [0.05, 0.1) is 27.6 Å². The van der Waals surface area contributed by atoms with Gasteiger partial charge in [0, 0.05) is 11.9 Å². The third kappa shape index (κ3) is 4.31. The topological polar surface area (TPSA) is 56.0 Å². The first-order valence-electron chi connectivity index (χ1n) is 5.83. The third-order valence-corrected chi connectivity index (χ3v) is 4.01. The minimum atomic E-state index is -0.965. The van der Waals surface area contributed by atoms with E-state index in [-0.39, 0.29) is 0 Å². The van der Waals surface area contributed by atoms with E-state index in [1.165, 1.54) is 19.3 Å². The van der Waals surface area contributed by atoms with E-state index in [0.29, 0.717) is 11.4 Å². The molecule has 0 aliphatic rings. The highest BCUT2D eigenvalue weighted by Crippen LogP contribution is 2.15. The third-order valence-electron chi connectivity index (χ3n) is 2.49. The average Bonchev–Trinajstić information content (AvgIpc) is 2.29. The van der Waals surface area contributed by atoms with Gasteiger partial charge in [0.25, 0.3) is 0 Å². The lowest BCUT2D eigenvalue weighted by Crippen LogP contribution is -2.02. The Labute approximate surface area is 99.9 Å². The van der Waals surface area contributed by atoms with Crippen LogP contribution in [0.1, 0.15) is 39.0 Å². The molecule has 1 aromatic rings. The maximum absolute atomic E-state index is 11.9. The Bertz CT molecular complexity index is 342. The van der Waals surface area contributed by atoms with Crippen molar-refractivity contribution in [2.75, 3.05) is 11.5 Å². The second-order valence-corrected chi connectivity index (χ2v) is 5.42. The normalized spacial score (nSPS) is 12.6. The Balaban J connectivity index is 2.33. The molecule has 1 unspecified atom stereocenters. The predicted octanol–water partition coefficient (Wildman–Crippen LogP) is 2.74. The predicted molar refractivity (Wildman–Crippen MR) is 68.7 cm³/mol. The number of pyridine rings is 1. The van der Waals surface area contributed by atoms with Crippen molar-refractivity contribution in [1.29, 1.82) is 0 Å². The summed E-state index contributed by atoms with van der Waals surface area (Å²) in [4.78, 5) is 4.62. The first-order valence-corrected chi connectivity index (χ1v) is 7.15. The first-order chi connectivity index (χ1) is 7.75. The highest BCUT2D eigenvalue weighted by molar-refractivity contribution is 7.85. The second kappa shape index (κ2) is 7.39. The molecular weight excluding hydrogens is 220 g/mol. The summed E-state index contributed by atoms with van der Waals surface area (Å²) in [5.74, 6) is 0.706. The van der Waals surface area contributed by atoms with Crippen molar-refractivity contribution >= 4 is 16.5 Å². The summed E-state index contributed by atoms with van der Waals surface area (Å²) in [5, 5.41) is 0. The van der Waals surface area contributed by atoms with E-state index >= 15 is 0 Å². The van der Waals surface area contributed by atoms with Crippen molar-refractivity contribution in [1.82, 2.24) is 4.98 Å². The summed E-state index contributed by atoms with van der Waals surface area (Å²) in [7, 11) is -0.965. The lowest BCUT2D eigenvalue weighted by molar-refractivity contribution is 0.647. The molecule has 0 amide bonds. The van der Waals surface area contributed by atoms with Crippen LogP contribution in [0.15, 0.2) is 23.4 Å². The molecule has 1 rings (SSSR count). The standard InChI is InChI=1S/C12H20N2OS/c1-2-3-4-5-6-9-16(15)12-7-8-14-10-11(12)13/h7-8,10H,2-6,9,13H2,1H3. The van der Waals surface area contributed by atoms with Gasteiger partial charge in [-0.25, -0.2) is 0 Å². The SMILES string of the molecule is CCCCCCCS(=O)c1ccncc1N. The van der Waals surface area contributed by atoms with Gasteiger partial charge in [0.2, 0.25) is 0 Å². The van der Waals surface area contributed by atoms with Crippen LogP contribution in [0.5, 0.6) is 0 Å². The number of nitrogen functional groups attached to an aromatic ring is 1. The molecule has 0 aliphatic heterocycles. The van der Waals surface area contributed by atoms with Gasteiger partial charge in [0.1, 0.15) is 0 Å². The van der Waals surface area contributed by atoms with E-state index in [1.807, 2.05) is 0 Å². The molecule has 0 bridgehead atoms. The van der Waals surface area contributed by atoms with Crippen LogP contribution in [-0.4, -0.2) is 14.9 Å². The molecule has 0 fully saturated rings. The van der Waals surface area contributed by atoms with Crippen LogP contribution in [0.4, 0.5) is 5.69 Å². The molecule has 3 nitrogen and oxygen atoms in total. The highest BCUT2D eigenvalue weighted by Gasteiger charge is 2.06. The monoisotopic (exact) mass is 240 g/mol. The van der Waals surface area contributed by atoms with Crippen molar-refractivity contribution in [3.05, 3.63) is 18.5 Å². The number of anilines is 1. The summed E-state index contributed by atoms with van der Waals surface area (Å²) < 4.78 is 11.9. The van der Waals surface area contributed by atoms with Crippen LogP contribution in [-0.2, 0) is 10.8 Å². The molecule has 4 heteroatoms. The summed E-state index contributed by atoms with van der Waals surface area (Å²) in [5.41, 5.74) is 6.25. The lowest BCUT2D eigenvalue weighted by atomic mass is 10.2. The van der Waals surface area contributed by atoms with Crippen molar-refractivity contribution in [3.8, 4) is 0 Å². The molecule has 0 aromatic carbocycles. The molecule has 2 N–H and O–H groups in total. The fourth-order valence-corrected chi connectivity index (χ4v) is 2.76. The fraction of sp³-hybridized carbons (Fsp3) is 0.583. The van der Waals surface area contributed by atoms with Crippen molar-refractivity contribution in [2.24, 2.45) is 0 Å². The van der Waals surface area contributed by atoms with Gasteiger partial charge >= 0.3 is 0 Å².